The highest BCUT2D eigenvalue weighted by Crippen LogP contribution is 2.59. The number of rotatable bonds is 9. The van der Waals surface area contributed by atoms with Crippen LogP contribution in [-0.4, -0.2) is 33.1 Å². The number of aliphatic hydroxyl groups is 3. The summed E-state index contributed by atoms with van der Waals surface area (Å²) in [5, 5.41) is 30.5. The third kappa shape index (κ3) is 5.66. The van der Waals surface area contributed by atoms with Crippen molar-refractivity contribution < 1.29 is 15.3 Å². The fraction of sp³-hybridized carbons (Fsp3) is 0.778. The Morgan fingerprint density at radius 3 is 2.47 bits per heavy atom. The van der Waals surface area contributed by atoms with Crippen molar-refractivity contribution in [3.8, 4) is 0 Å². The zero-order valence-corrected chi connectivity index (χ0v) is 20.1. The Hall–Kier alpha value is -0.900. The second-order valence-corrected chi connectivity index (χ2v) is 10.8. The molecule has 2 aliphatic rings. The lowest BCUT2D eigenvalue weighted by molar-refractivity contribution is 0.0166. The molecule has 0 aromatic carbocycles. The van der Waals surface area contributed by atoms with Crippen molar-refractivity contribution in [3.05, 3.63) is 36.0 Å². The van der Waals surface area contributed by atoms with Gasteiger partial charge in [0.25, 0.3) is 0 Å². The summed E-state index contributed by atoms with van der Waals surface area (Å²) in [6, 6.07) is 0. The molecule has 0 bridgehead atoms. The number of hydrogen-bond acceptors (Lipinski definition) is 3. The highest BCUT2D eigenvalue weighted by molar-refractivity contribution is 5.37. The van der Waals surface area contributed by atoms with E-state index in [4.69, 9.17) is 0 Å². The van der Waals surface area contributed by atoms with E-state index in [0.29, 0.717) is 18.8 Å². The molecule has 2 fully saturated rings. The van der Waals surface area contributed by atoms with Crippen LogP contribution in [0.3, 0.4) is 0 Å². The first-order valence-electron chi connectivity index (χ1n) is 12.1. The van der Waals surface area contributed by atoms with E-state index in [1.807, 2.05) is 6.08 Å². The van der Waals surface area contributed by atoms with Gasteiger partial charge in [-0.1, -0.05) is 65.8 Å². The predicted molar refractivity (Wildman–Crippen MR) is 126 cm³/mol. The minimum absolute atomic E-state index is 0.265. The molecule has 0 unspecified atom stereocenters. The van der Waals surface area contributed by atoms with Gasteiger partial charge < -0.3 is 15.3 Å². The molecule has 2 rings (SSSR count). The highest BCUT2D eigenvalue weighted by atomic mass is 16.3. The molecule has 0 aliphatic heterocycles. The molecule has 3 N–H and O–H groups in total. The van der Waals surface area contributed by atoms with E-state index in [9.17, 15) is 15.3 Å². The van der Waals surface area contributed by atoms with Crippen molar-refractivity contribution in [2.45, 2.75) is 117 Å². The normalized spacial score (nSPS) is 33.7. The van der Waals surface area contributed by atoms with Crippen molar-refractivity contribution in [2.75, 3.05) is 0 Å². The van der Waals surface area contributed by atoms with E-state index in [1.165, 1.54) is 19.3 Å². The molecule has 0 aromatic rings. The summed E-state index contributed by atoms with van der Waals surface area (Å²) in [5.41, 5.74) is 1.76. The second kappa shape index (κ2) is 10.1. The summed E-state index contributed by atoms with van der Waals surface area (Å²) >= 11 is 0. The molecule has 3 nitrogen and oxygen atoms in total. The number of allylic oxidation sites excluding steroid dienone is 3. The Kier molecular flexibility index (Phi) is 8.58. The minimum Gasteiger partial charge on any atom is -0.393 e. The van der Waals surface area contributed by atoms with Crippen LogP contribution in [0, 0.1) is 16.7 Å². The number of aliphatic hydroxyl groups excluding tert-OH is 2. The van der Waals surface area contributed by atoms with Crippen LogP contribution in [0.1, 0.15) is 98.8 Å². The van der Waals surface area contributed by atoms with E-state index in [1.54, 1.807) is 0 Å². The fourth-order valence-electron chi connectivity index (χ4n) is 5.59. The van der Waals surface area contributed by atoms with Crippen molar-refractivity contribution in [3.63, 3.8) is 0 Å². The Morgan fingerprint density at radius 2 is 1.83 bits per heavy atom. The van der Waals surface area contributed by atoms with Crippen LogP contribution in [0.15, 0.2) is 36.0 Å². The summed E-state index contributed by atoms with van der Waals surface area (Å²) in [6.45, 7) is 15.4. The molecule has 0 aromatic heterocycles. The fourth-order valence-corrected chi connectivity index (χ4v) is 5.59. The van der Waals surface area contributed by atoms with Crippen LogP contribution < -0.4 is 0 Å². The maximum absolute atomic E-state index is 10.6. The van der Waals surface area contributed by atoms with E-state index >= 15 is 0 Å². The summed E-state index contributed by atoms with van der Waals surface area (Å²) in [6.07, 6.45) is 14.7. The van der Waals surface area contributed by atoms with E-state index in [2.05, 4.69) is 53.3 Å². The van der Waals surface area contributed by atoms with Crippen molar-refractivity contribution in [2.24, 2.45) is 16.7 Å². The van der Waals surface area contributed by atoms with Gasteiger partial charge in [0.1, 0.15) is 0 Å². The zero-order valence-electron chi connectivity index (χ0n) is 20.1. The maximum atomic E-state index is 10.6. The molecular formula is C27H46O3. The topological polar surface area (TPSA) is 60.7 Å². The number of hydrogen-bond donors (Lipinski definition) is 3. The first-order valence-corrected chi connectivity index (χ1v) is 12.1. The Bertz CT molecular complexity index is 640. The highest BCUT2D eigenvalue weighted by Gasteiger charge is 2.50. The van der Waals surface area contributed by atoms with Gasteiger partial charge in [-0.15, -0.1) is 0 Å². The van der Waals surface area contributed by atoms with Crippen molar-refractivity contribution >= 4 is 0 Å². The predicted octanol–water partition coefficient (Wildman–Crippen LogP) is 6.09. The molecule has 0 spiro atoms. The van der Waals surface area contributed by atoms with Gasteiger partial charge in [-0.3, -0.25) is 0 Å². The van der Waals surface area contributed by atoms with Crippen LogP contribution >= 0.6 is 0 Å². The van der Waals surface area contributed by atoms with Crippen molar-refractivity contribution in [1.29, 1.82) is 0 Å². The van der Waals surface area contributed by atoms with Gasteiger partial charge in [0, 0.05) is 6.42 Å². The van der Waals surface area contributed by atoms with Crippen LogP contribution in [0.25, 0.3) is 0 Å². The second-order valence-electron chi connectivity index (χ2n) is 10.8. The van der Waals surface area contributed by atoms with Gasteiger partial charge in [0.2, 0.25) is 0 Å². The average Bonchev–Trinajstić information content (AvgIpc) is 2.92. The molecule has 0 heterocycles. The molecule has 0 amide bonds. The van der Waals surface area contributed by atoms with E-state index in [0.717, 1.165) is 43.3 Å². The Balaban J connectivity index is 1.94. The summed E-state index contributed by atoms with van der Waals surface area (Å²) in [7, 11) is 0. The standard InChI is InChI=1S/C27H46O3/c1-7-27(30,8-2)16-11-13-22-14-17-26(6,25(22,4)5)15-10-9-12-21-18-23(28)19-24(29)20(21)3/h9-10,12,22-24,28-30H,3,7-8,11,13-19H2,1-2,4-6H3/b10-9+,21-12-/t22-,23+,24-,26+/m0/s1. The van der Waals surface area contributed by atoms with Crippen LogP contribution in [0.2, 0.25) is 0 Å². The van der Waals surface area contributed by atoms with Crippen molar-refractivity contribution in [1.82, 2.24) is 0 Å². The molecule has 4 atom stereocenters. The van der Waals surface area contributed by atoms with Crippen LogP contribution in [0.5, 0.6) is 0 Å². The van der Waals surface area contributed by atoms with Gasteiger partial charge in [-0.05, 0) is 79.3 Å². The van der Waals surface area contributed by atoms with Gasteiger partial charge in [0.15, 0.2) is 0 Å². The molecule has 30 heavy (non-hydrogen) atoms. The third-order valence-corrected chi connectivity index (χ3v) is 8.90. The Morgan fingerprint density at radius 1 is 1.17 bits per heavy atom. The monoisotopic (exact) mass is 418 g/mol. The zero-order chi connectivity index (χ0) is 22.6. The van der Waals surface area contributed by atoms with E-state index in [-0.39, 0.29) is 10.8 Å². The van der Waals surface area contributed by atoms with Gasteiger partial charge >= 0.3 is 0 Å². The van der Waals surface area contributed by atoms with Gasteiger partial charge in [0.05, 0.1) is 17.8 Å². The molecule has 2 saturated carbocycles. The minimum atomic E-state index is -0.626. The molecule has 172 valence electrons. The lowest BCUT2D eigenvalue weighted by Crippen LogP contribution is -2.34. The first-order chi connectivity index (χ1) is 14.0. The Labute approximate surface area is 185 Å². The largest absolute Gasteiger partial charge is 0.393 e. The molecular weight excluding hydrogens is 372 g/mol. The lowest BCUT2D eigenvalue weighted by Gasteiger charge is -2.42. The smallest absolute Gasteiger partial charge is 0.0811 e. The molecule has 0 radical (unpaired) electrons. The van der Waals surface area contributed by atoms with Gasteiger partial charge in [-0.2, -0.15) is 0 Å². The van der Waals surface area contributed by atoms with Crippen LogP contribution in [0.4, 0.5) is 0 Å². The molecule has 0 saturated heterocycles. The molecule has 2 aliphatic carbocycles. The third-order valence-electron chi connectivity index (χ3n) is 8.90. The summed E-state index contributed by atoms with van der Waals surface area (Å²) in [5.74, 6) is 0.704. The summed E-state index contributed by atoms with van der Waals surface area (Å²) < 4.78 is 0. The average molecular weight is 419 g/mol. The van der Waals surface area contributed by atoms with E-state index < -0.39 is 17.8 Å². The quantitative estimate of drug-likeness (QED) is 0.424. The molecule has 3 heteroatoms. The van der Waals surface area contributed by atoms with Gasteiger partial charge in [-0.25, -0.2) is 0 Å². The maximum Gasteiger partial charge on any atom is 0.0811 e. The van der Waals surface area contributed by atoms with Crippen LogP contribution in [-0.2, 0) is 0 Å². The first kappa shape index (κ1) is 25.4. The summed E-state index contributed by atoms with van der Waals surface area (Å²) in [4.78, 5) is 0. The SMILES string of the molecule is C=C1/C(=C\C=C\C[C@]2(C)CC[C@H](CCCC(O)(CC)CC)C2(C)C)C[C@@H](O)C[C@@H]1O. The lowest BCUT2D eigenvalue weighted by atomic mass is 9.63.